The van der Waals surface area contributed by atoms with Gasteiger partial charge in [-0.2, -0.15) is 10.2 Å². The van der Waals surface area contributed by atoms with Gasteiger partial charge in [-0.25, -0.2) is 9.67 Å². The lowest BCUT2D eigenvalue weighted by molar-refractivity contribution is 0.369. The summed E-state index contributed by atoms with van der Waals surface area (Å²) in [6, 6.07) is 0.360. The summed E-state index contributed by atoms with van der Waals surface area (Å²) in [5, 5.41) is 11.8. The van der Waals surface area contributed by atoms with E-state index in [1.165, 1.54) is 0 Å². The average Bonchev–Trinajstić information content (AvgIpc) is 3.12. The molecule has 3 rings (SSSR count). The second-order valence-electron chi connectivity index (χ2n) is 6.39. The fourth-order valence-corrected chi connectivity index (χ4v) is 3.20. The zero-order valence-corrected chi connectivity index (χ0v) is 14.8. The van der Waals surface area contributed by atoms with Crippen LogP contribution in [0.5, 0.6) is 0 Å². The van der Waals surface area contributed by atoms with Gasteiger partial charge in [-0.05, 0) is 39.0 Å². The van der Waals surface area contributed by atoms with E-state index >= 15 is 0 Å². The first-order valence-electron chi connectivity index (χ1n) is 8.39. The minimum atomic E-state index is 0. The van der Waals surface area contributed by atoms with Gasteiger partial charge in [0, 0.05) is 24.2 Å². The summed E-state index contributed by atoms with van der Waals surface area (Å²) in [5.74, 6) is 2.42. The van der Waals surface area contributed by atoms with E-state index in [4.69, 9.17) is 15.8 Å². The molecule has 128 valence electrons. The molecule has 0 unspecified atom stereocenters. The van der Waals surface area contributed by atoms with Gasteiger partial charge >= 0.3 is 0 Å². The smallest absolute Gasteiger partial charge is 0.184 e. The van der Waals surface area contributed by atoms with Crippen LogP contribution in [0.15, 0.2) is 6.20 Å². The third kappa shape index (κ3) is 3.93. The first-order valence-corrected chi connectivity index (χ1v) is 8.39. The summed E-state index contributed by atoms with van der Waals surface area (Å²) in [6.45, 7) is 5.16. The number of rotatable bonds is 5. The summed E-state index contributed by atoms with van der Waals surface area (Å²) in [5.41, 5.74) is 8.06. The minimum Gasteiger partial charge on any atom is -0.328 e. The maximum atomic E-state index is 6.04. The largest absolute Gasteiger partial charge is 0.328 e. The summed E-state index contributed by atoms with van der Waals surface area (Å²) in [7, 11) is 0. The topological polar surface area (TPSA) is 85.4 Å². The Bertz CT molecular complexity index is 612. The molecule has 0 radical (unpaired) electrons. The summed E-state index contributed by atoms with van der Waals surface area (Å²) in [4.78, 5) is 4.87. The Hall–Kier alpha value is -1.40. The van der Waals surface area contributed by atoms with Crippen LogP contribution in [0.25, 0.3) is 11.4 Å². The van der Waals surface area contributed by atoms with Crippen molar-refractivity contribution < 1.29 is 0 Å². The molecule has 23 heavy (non-hydrogen) atoms. The van der Waals surface area contributed by atoms with Crippen LogP contribution in [0.4, 0.5) is 0 Å². The Morgan fingerprint density at radius 2 is 2.04 bits per heavy atom. The number of aryl methyl sites for hydroxylation is 2. The van der Waals surface area contributed by atoms with E-state index in [0.717, 1.165) is 68.0 Å². The van der Waals surface area contributed by atoms with Gasteiger partial charge in [0.15, 0.2) is 5.82 Å². The molecule has 0 atom stereocenters. The van der Waals surface area contributed by atoms with Crippen molar-refractivity contribution in [2.24, 2.45) is 5.73 Å². The summed E-state index contributed by atoms with van der Waals surface area (Å²) < 4.78 is 2.12. The number of nitrogens with zero attached hydrogens (tertiary/aromatic N) is 4. The predicted octanol–water partition coefficient (Wildman–Crippen LogP) is 3.18. The number of nitrogens with one attached hydrogen (secondary N) is 1. The van der Waals surface area contributed by atoms with Gasteiger partial charge in [-0.15, -0.1) is 12.4 Å². The third-order valence-corrected chi connectivity index (χ3v) is 4.63. The zero-order chi connectivity index (χ0) is 15.5. The third-order valence-electron chi connectivity index (χ3n) is 4.63. The molecule has 2 aromatic heterocycles. The van der Waals surface area contributed by atoms with Gasteiger partial charge < -0.3 is 5.73 Å². The van der Waals surface area contributed by atoms with Crippen molar-refractivity contribution in [3.8, 4) is 11.4 Å². The second kappa shape index (κ2) is 7.93. The van der Waals surface area contributed by atoms with E-state index in [1.54, 1.807) is 0 Å². The molecule has 0 aliphatic heterocycles. The van der Waals surface area contributed by atoms with Gasteiger partial charge in [0.1, 0.15) is 5.82 Å². The number of unbranched alkanes of at least 4 members (excludes halogenated alkanes) is 1. The van der Waals surface area contributed by atoms with Crippen LogP contribution in [0.3, 0.4) is 0 Å². The fourth-order valence-electron chi connectivity index (χ4n) is 3.20. The van der Waals surface area contributed by atoms with E-state index in [2.05, 4.69) is 21.8 Å². The van der Waals surface area contributed by atoms with Crippen LogP contribution in [0.1, 0.15) is 62.9 Å². The minimum absolute atomic E-state index is 0. The molecule has 1 aliphatic carbocycles. The van der Waals surface area contributed by atoms with E-state index in [0.29, 0.717) is 12.0 Å². The molecule has 0 aromatic carbocycles. The molecule has 0 spiro atoms. The molecule has 1 fully saturated rings. The monoisotopic (exact) mass is 338 g/mol. The van der Waals surface area contributed by atoms with Crippen molar-refractivity contribution in [3.63, 3.8) is 0 Å². The van der Waals surface area contributed by atoms with Crippen LogP contribution in [-0.2, 0) is 6.54 Å². The maximum Gasteiger partial charge on any atom is 0.184 e. The number of H-pyrrole nitrogens is 1. The van der Waals surface area contributed by atoms with Crippen molar-refractivity contribution in [3.05, 3.63) is 17.7 Å². The lowest BCUT2D eigenvalue weighted by Gasteiger charge is -2.25. The van der Waals surface area contributed by atoms with E-state index < -0.39 is 0 Å². The van der Waals surface area contributed by atoms with Gasteiger partial charge in [0.25, 0.3) is 0 Å². The van der Waals surface area contributed by atoms with Crippen LogP contribution in [0.2, 0.25) is 0 Å². The van der Waals surface area contributed by atoms with Gasteiger partial charge in [-0.3, -0.25) is 5.10 Å². The van der Waals surface area contributed by atoms with E-state index in [1.807, 2.05) is 13.1 Å². The SMILES string of the molecule is CCCCn1nc(-c2cn[nH]c2C)nc1C1CCC(N)CC1.Cl. The molecule has 2 heterocycles. The molecule has 0 amide bonds. The number of nitrogens with two attached hydrogens (primary N) is 1. The first-order chi connectivity index (χ1) is 10.7. The standard InChI is InChI=1S/C16H26N6.ClH/c1-3-4-9-22-16(12-5-7-13(17)8-6-12)19-15(21-22)14-10-18-20-11(14)2;/h10,12-13H,3-9,17H2,1-2H3,(H,18,20);1H. The number of hydrogen-bond donors (Lipinski definition) is 2. The lowest BCUT2D eigenvalue weighted by Crippen LogP contribution is -2.27. The van der Waals surface area contributed by atoms with Crippen LogP contribution >= 0.6 is 12.4 Å². The highest BCUT2D eigenvalue weighted by Crippen LogP contribution is 2.32. The summed E-state index contributed by atoms with van der Waals surface area (Å²) >= 11 is 0. The molecule has 3 N–H and O–H groups in total. The number of aromatic amines is 1. The van der Waals surface area contributed by atoms with Gasteiger partial charge in [0.2, 0.25) is 0 Å². The lowest BCUT2D eigenvalue weighted by atomic mass is 9.86. The zero-order valence-electron chi connectivity index (χ0n) is 14.0. The highest BCUT2D eigenvalue weighted by atomic mass is 35.5. The van der Waals surface area contributed by atoms with E-state index in [9.17, 15) is 0 Å². The molecule has 0 saturated heterocycles. The van der Waals surface area contributed by atoms with E-state index in [-0.39, 0.29) is 12.4 Å². The maximum absolute atomic E-state index is 6.04. The van der Waals surface area contributed by atoms with Gasteiger partial charge in [0.05, 0.1) is 11.8 Å². The van der Waals surface area contributed by atoms with Gasteiger partial charge in [-0.1, -0.05) is 13.3 Å². The number of aromatic nitrogens is 5. The van der Waals surface area contributed by atoms with Crippen molar-refractivity contribution >= 4 is 12.4 Å². The Morgan fingerprint density at radius 3 is 2.65 bits per heavy atom. The number of hydrogen-bond acceptors (Lipinski definition) is 4. The quantitative estimate of drug-likeness (QED) is 0.876. The first kappa shape index (κ1) is 17.9. The molecular formula is C16H27ClN6. The highest BCUT2D eigenvalue weighted by Gasteiger charge is 2.26. The predicted molar refractivity (Wildman–Crippen MR) is 93.7 cm³/mol. The molecule has 0 bridgehead atoms. The number of halogens is 1. The van der Waals surface area contributed by atoms with Crippen molar-refractivity contribution in [1.29, 1.82) is 0 Å². The Labute approximate surface area is 143 Å². The van der Waals surface area contributed by atoms with Crippen molar-refractivity contribution in [1.82, 2.24) is 25.0 Å². The molecule has 7 heteroatoms. The summed E-state index contributed by atoms with van der Waals surface area (Å²) in [6.07, 6.45) is 8.53. The van der Waals surface area contributed by atoms with Crippen LogP contribution in [-0.4, -0.2) is 31.0 Å². The molecule has 6 nitrogen and oxygen atoms in total. The van der Waals surface area contributed by atoms with Crippen molar-refractivity contribution in [2.75, 3.05) is 0 Å². The van der Waals surface area contributed by atoms with Crippen LogP contribution in [0, 0.1) is 6.92 Å². The molecule has 1 saturated carbocycles. The average molecular weight is 339 g/mol. The molecule has 2 aromatic rings. The Morgan fingerprint density at radius 1 is 1.30 bits per heavy atom. The highest BCUT2D eigenvalue weighted by molar-refractivity contribution is 5.85. The van der Waals surface area contributed by atoms with Crippen LogP contribution < -0.4 is 5.73 Å². The molecule has 1 aliphatic rings. The van der Waals surface area contributed by atoms with Crippen molar-refractivity contribution in [2.45, 2.75) is 70.9 Å². The normalized spacial score (nSPS) is 21.2. The molecular weight excluding hydrogens is 312 g/mol. The Kier molecular flexibility index (Phi) is 6.18. The Balaban J connectivity index is 0.00000192. The second-order valence-corrected chi connectivity index (χ2v) is 6.39. The fraction of sp³-hybridized carbons (Fsp3) is 0.688.